The number of phenolic OH excluding ortho intramolecular Hbond substituents is 1. The molecule has 1 N–H and O–H groups in total. The zero-order valence-corrected chi connectivity index (χ0v) is 10.5. The quantitative estimate of drug-likeness (QED) is 0.795. The third-order valence-electron chi connectivity index (χ3n) is 2.42. The molecule has 0 aromatic heterocycles. The Morgan fingerprint density at radius 2 is 1.93 bits per heavy atom. The van der Waals surface area contributed by atoms with Gasteiger partial charge in [-0.1, -0.05) is 15.9 Å². The van der Waals surface area contributed by atoms with Gasteiger partial charge in [0.2, 0.25) is 0 Å². The van der Waals surface area contributed by atoms with Crippen molar-refractivity contribution in [1.82, 2.24) is 0 Å². The Morgan fingerprint density at radius 1 is 1.21 bits per heavy atom. The second-order valence-electron chi connectivity index (χ2n) is 3.32. The molecule has 14 heavy (non-hydrogen) atoms. The molecule has 74 valence electrons. The van der Waals surface area contributed by atoms with Crippen LogP contribution in [0.2, 0.25) is 0 Å². The Hall–Kier alpha value is -0.350. The van der Waals surface area contributed by atoms with Gasteiger partial charge < -0.3 is 5.11 Å². The standard InChI is InChI=1S/C10H8Br2O2/c11-6-4-7(12)10(14)9-5(6)2-1-3-8(9)13/h4,14H,1-3H2. The second kappa shape index (κ2) is 3.66. The fraction of sp³-hybridized carbons (Fsp3) is 0.300. The van der Waals surface area contributed by atoms with Gasteiger partial charge in [-0.25, -0.2) is 0 Å². The Balaban J connectivity index is 2.73. The lowest BCUT2D eigenvalue weighted by atomic mass is 9.90. The summed E-state index contributed by atoms with van der Waals surface area (Å²) in [6.07, 6.45) is 2.25. The topological polar surface area (TPSA) is 37.3 Å². The molecule has 2 nitrogen and oxygen atoms in total. The number of hydrogen-bond acceptors (Lipinski definition) is 2. The zero-order valence-electron chi connectivity index (χ0n) is 7.31. The highest BCUT2D eigenvalue weighted by molar-refractivity contribution is 9.11. The molecule has 1 aromatic carbocycles. The minimum absolute atomic E-state index is 0.0331. The van der Waals surface area contributed by atoms with E-state index in [1.807, 2.05) is 0 Å². The molecule has 4 heteroatoms. The first-order chi connectivity index (χ1) is 6.61. The number of hydrogen-bond donors (Lipinski definition) is 1. The second-order valence-corrected chi connectivity index (χ2v) is 5.03. The van der Waals surface area contributed by atoms with Crippen molar-refractivity contribution in [3.05, 3.63) is 26.1 Å². The van der Waals surface area contributed by atoms with Crippen LogP contribution in [-0.4, -0.2) is 10.9 Å². The van der Waals surface area contributed by atoms with Crippen LogP contribution in [0.25, 0.3) is 0 Å². The fourth-order valence-electron chi connectivity index (χ4n) is 1.74. The lowest BCUT2D eigenvalue weighted by Gasteiger charge is -2.18. The normalized spacial score (nSPS) is 15.4. The monoisotopic (exact) mass is 318 g/mol. The summed E-state index contributed by atoms with van der Waals surface area (Å²) in [5, 5.41) is 9.75. The van der Waals surface area contributed by atoms with Gasteiger partial charge in [-0.05, 0) is 40.4 Å². The highest BCUT2D eigenvalue weighted by Crippen LogP contribution is 2.39. The Morgan fingerprint density at radius 3 is 2.64 bits per heavy atom. The number of carbonyl (C=O) groups excluding carboxylic acids is 1. The lowest BCUT2D eigenvalue weighted by molar-refractivity contribution is 0.0969. The van der Waals surface area contributed by atoms with Crippen LogP contribution in [0.1, 0.15) is 28.8 Å². The third kappa shape index (κ3) is 1.50. The maximum atomic E-state index is 11.6. The molecule has 0 unspecified atom stereocenters. The van der Waals surface area contributed by atoms with Crippen LogP contribution in [-0.2, 0) is 6.42 Å². The number of benzene rings is 1. The van der Waals surface area contributed by atoms with E-state index < -0.39 is 0 Å². The van der Waals surface area contributed by atoms with Crippen LogP contribution in [0.15, 0.2) is 15.0 Å². The molecule has 0 radical (unpaired) electrons. The summed E-state index contributed by atoms with van der Waals surface area (Å²) in [7, 11) is 0. The number of ketones is 1. The Bertz CT molecular complexity index is 413. The van der Waals surface area contributed by atoms with Crippen molar-refractivity contribution in [2.45, 2.75) is 19.3 Å². The average molecular weight is 320 g/mol. The van der Waals surface area contributed by atoms with Crippen LogP contribution in [0.5, 0.6) is 5.75 Å². The van der Waals surface area contributed by atoms with Crippen molar-refractivity contribution in [3.63, 3.8) is 0 Å². The largest absolute Gasteiger partial charge is 0.506 e. The van der Waals surface area contributed by atoms with Crippen molar-refractivity contribution < 1.29 is 9.90 Å². The smallest absolute Gasteiger partial charge is 0.166 e. The minimum Gasteiger partial charge on any atom is -0.506 e. The molecular weight excluding hydrogens is 312 g/mol. The van der Waals surface area contributed by atoms with Gasteiger partial charge in [0.25, 0.3) is 0 Å². The van der Waals surface area contributed by atoms with Crippen LogP contribution < -0.4 is 0 Å². The Kier molecular flexibility index (Phi) is 2.66. The first-order valence-electron chi connectivity index (χ1n) is 4.34. The average Bonchev–Trinajstić information content (AvgIpc) is 2.14. The van der Waals surface area contributed by atoms with Gasteiger partial charge in [-0.15, -0.1) is 0 Å². The van der Waals surface area contributed by atoms with Gasteiger partial charge in [-0.3, -0.25) is 4.79 Å². The van der Waals surface area contributed by atoms with E-state index in [1.165, 1.54) is 0 Å². The van der Waals surface area contributed by atoms with E-state index in [-0.39, 0.29) is 11.5 Å². The zero-order chi connectivity index (χ0) is 10.3. The van der Waals surface area contributed by atoms with Gasteiger partial charge in [0, 0.05) is 10.9 Å². The van der Waals surface area contributed by atoms with Crippen LogP contribution >= 0.6 is 31.9 Å². The van der Waals surface area contributed by atoms with Gasteiger partial charge in [0.1, 0.15) is 5.75 Å². The molecular formula is C10H8Br2O2. The molecule has 0 saturated heterocycles. The predicted octanol–water partition coefficient (Wildman–Crippen LogP) is 3.44. The summed E-state index contributed by atoms with van der Waals surface area (Å²) in [4.78, 5) is 11.6. The summed E-state index contributed by atoms with van der Waals surface area (Å²) in [5.41, 5.74) is 1.42. The van der Waals surface area contributed by atoms with Crippen molar-refractivity contribution >= 4 is 37.6 Å². The molecule has 1 aromatic rings. The van der Waals surface area contributed by atoms with Crippen molar-refractivity contribution in [1.29, 1.82) is 0 Å². The SMILES string of the molecule is O=C1CCCc2c(Br)cc(Br)c(O)c21. The van der Waals surface area contributed by atoms with Crippen LogP contribution in [0, 0.1) is 0 Å². The molecule has 0 amide bonds. The summed E-state index contributed by atoms with van der Waals surface area (Å²) in [6.45, 7) is 0. The maximum absolute atomic E-state index is 11.6. The van der Waals surface area contributed by atoms with Gasteiger partial charge in [-0.2, -0.15) is 0 Å². The van der Waals surface area contributed by atoms with E-state index >= 15 is 0 Å². The molecule has 1 aliphatic rings. The van der Waals surface area contributed by atoms with Crippen LogP contribution in [0.4, 0.5) is 0 Å². The number of fused-ring (bicyclic) bond motifs is 1. The maximum Gasteiger partial charge on any atom is 0.166 e. The molecule has 0 spiro atoms. The Labute approximate surface area is 98.6 Å². The minimum atomic E-state index is 0.0331. The van der Waals surface area contributed by atoms with E-state index in [0.717, 1.165) is 22.9 Å². The number of phenols is 1. The van der Waals surface area contributed by atoms with Crippen LogP contribution in [0.3, 0.4) is 0 Å². The summed E-state index contributed by atoms with van der Waals surface area (Å²) in [5.74, 6) is 0.110. The number of carbonyl (C=O) groups is 1. The highest BCUT2D eigenvalue weighted by Gasteiger charge is 2.24. The molecule has 0 atom stereocenters. The molecule has 2 rings (SSSR count). The molecule has 0 bridgehead atoms. The van der Waals surface area contributed by atoms with Crippen molar-refractivity contribution in [2.75, 3.05) is 0 Å². The molecule has 0 fully saturated rings. The van der Waals surface area contributed by atoms with E-state index in [1.54, 1.807) is 6.07 Å². The fourth-order valence-corrected chi connectivity index (χ4v) is 3.10. The number of Topliss-reactive ketones (excluding diaryl/α,β-unsaturated/α-hetero) is 1. The van der Waals surface area contributed by atoms with E-state index in [4.69, 9.17) is 0 Å². The molecule has 0 saturated carbocycles. The third-order valence-corrected chi connectivity index (χ3v) is 3.73. The number of aromatic hydroxyl groups is 1. The first-order valence-corrected chi connectivity index (χ1v) is 5.93. The highest BCUT2D eigenvalue weighted by atomic mass is 79.9. The first kappa shape index (κ1) is 10.2. The number of halogens is 2. The summed E-state index contributed by atoms with van der Waals surface area (Å²) in [6, 6.07) is 1.78. The van der Waals surface area contributed by atoms with Gasteiger partial charge in [0.15, 0.2) is 5.78 Å². The summed E-state index contributed by atoms with van der Waals surface area (Å²) < 4.78 is 1.46. The van der Waals surface area contributed by atoms with E-state index in [9.17, 15) is 9.90 Å². The summed E-state index contributed by atoms with van der Waals surface area (Å²) >= 11 is 6.62. The van der Waals surface area contributed by atoms with E-state index in [0.29, 0.717) is 16.5 Å². The predicted molar refractivity (Wildman–Crippen MR) is 60.8 cm³/mol. The molecule has 1 aliphatic carbocycles. The number of rotatable bonds is 0. The lowest BCUT2D eigenvalue weighted by Crippen LogP contribution is -2.11. The van der Waals surface area contributed by atoms with Gasteiger partial charge in [0.05, 0.1) is 10.0 Å². The van der Waals surface area contributed by atoms with Gasteiger partial charge >= 0.3 is 0 Å². The molecule has 0 aliphatic heterocycles. The molecule has 0 heterocycles. The van der Waals surface area contributed by atoms with Crippen molar-refractivity contribution in [3.8, 4) is 5.75 Å². The van der Waals surface area contributed by atoms with E-state index in [2.05, 4.69) is 31.9 Å². The van der Waals surface area contributed by atoms with Crippen molar-refractivity contribution in [2.24, 2.45) is 0 Å².